The Morgan fingerprint density at radius 3 is 3.14 bits per heavy atom. The van der Waals surface area contributed by atoms with E-state index in [1.807, 2.05) is 18.2 Å². The molecule has 1 atom stereocenters. The van der Waals surface area contributed by atoms with E-state index >= 15 is 0 Å². The highest BCUT2D eigenvalue weighted by molar-refractivity contribution is 5.27. The van der Waals surface area contributed by atoms with Crippen LogP contribution in [0.1, 0.15) is 42.6 Å². The van der Waals surface area contributed by atoms with Crippen LogP contribution in [0.25, 0.3) is 0 Å². The number of nitrogens with zero attached hydrogens (tertiary/aromatic N) is 2. The monoisotopic (exact) mass is 287 g/mol. The topological polar surface area (TPSA) is 60.2 Å². The smallest absolute Gasteiger partial charge is 0.243 e. The van der Waals surface area contributed by atoms with Crippen LogP contribution in [0.15, 0.2) is 28.8 Å². The van der Waals surface area contributed by atoms with Gasteiger partial charge in [-0.1, -0.05) is 23.7 Å². The number of rotatable bonds is 5. The van der Waals surface area contributed by atoms with Crippen molar-refractivity contribution in [3.63, 3.8) is 0 Å². The summed E-state index contributed by atoms with van der Waals surface area (Å²) in [5.74, 6) is 2.30. The molecule has 1 aliphatic rings. The molecule has 0 radical (unpaired) electrons. The van der Waals surface area contributed by atoms with Gasteiger partial charge in [0.15, 0.2) is 5.82 Å². The maximum atomic E-state index is 5.71. The van der Waals surface area contributed by atoms with Crippen molar-refractivity contribution in [2.75, 3.05) is 13.2 Å². The van der Waals surface area contributed by atoms with E-state index in [4.69, 9.17) is 9.26 Å². The average Bonchev–Trinajstić information content (AvgIpc) is 2.97. The van der Waals surface area contributed by atoms with Gasteiger partial charge >= 0.3 is 0 Å². The molecular weight excluding hydrogens is 266 g/mol. The Bertz CT molecular complexity index is 576. The summed E-state index contributed by atoms with van der Waals surface area (Å²) in [5, 5.41) is 7.44. The van der Waals surface area contributed by atoms with Crippen molar-refractivity contribution in [1.82, 2.24) is 15.5 Å². The van der Waals surface area contributed by atoms with Crippen LogP contribution < -0.4 is 10.1 Å². The van der Waals surface area contributed by atoms with Crippen LogP contribution >= 0.6 is 0 Å². The van der Waals surface area contributed by atoms with Gasteiger partial charge in [-0.15, -0.1) is 0 Å². The van der Waals surface area contributed by atoms with Crippen molar-refractivity contribution < 1.29 is 9.26 Å². The number of nitrogens with one attached hydrogen (secondary N) is 1. The molecular formula is C16H21N3O2. The van der Waals surface area contributed by atoms with Gasteiger partial charge in [0.25, 0.3) is 0 Å². The van der Waals surface area contributed by atoms with E-state index in [1.165, 1.54) is 18.4 Å². The van der Waals surface area contributed by atoms with Gasteiger partial charge in [-0.05, 0) is 44.0 Å². The molecule has 0 amide bonds. The Labute approximate surface area is 124 Å². The summed E-state index contributed by atoms with van der Waals surface area (Å²) in [6.07, 6.45) is 4.17. The Morgan fingerprint density at radius 1 is 1.38 bits per heavy atom. The molecule has 0 spiro atoms. The Kier molecular flexibility index (Phi) is 4.50. The molecule has 2 aromatic rings. The summed E-state index contributed by atoms with van der Waals surface area (Å²) >= 11 is 0. The van der Waals surface area contributed by atoms with Crippen LogP contribution in [0.3, 0.4) is 0 Å². The van der Waals surface area contributed by atoms with Crippen LogP contribution in [-0.4, -0.2) is 23.3 Å². The van der Waals surface area contributed by atoms with E-state index in [9.17, 15) is 0 Å². The number of hydrogen-bond acceptors (Lipinski definition) is 5. The van der Waals surface area contributed by atoms with Gasteiger partial charge in [0.1, 0.15) is 5.75 Å². The zero-order valence-electron chi connectivity index (χ0n) is 12.3. The van der Waals surface area contributed by atoms with E-state index in [-0.39, 0.29) is 6.04 Å². The van der Waals surface area contributed by atoms with Gasteiger partial charge in [-0.2, -0.15) is 4.98 Å². The van der Waals surface area contributed by atoms with Crippen molar-refractivity contribution in [3.05, 3.63) is 41.5 Å². The summed E-state index contributed by atoms with van der Waals surface area (Å²) < 4.78 is 11.1. The first-order valence-electron chi connectivity index (χ1n) is 7.56. The molecule has 112 valence electrons. The molecule has 1 saturated heterocycles. The van der Waals surface area contributed by atoms with Gasteiger partial charge in [-0.3, -0.25) is 0 Å². The number of aromatic nitrogens is 2. The Balaban J connectivity index is 1.50. The van der Waals surface area contributed by atoms with Gasteiger partial charge in [0.05, 0.1) is 12.6 Å². The second-order valence-electron chi connectivity index (χ2n) is 5.47. The molecule has 0 bridgehead atoms. The first-order valence-corrected chi connectivity index (χ1v) is 7.56. The Hall–Kier alpha value is -1.88. The van der Waals surface area contributed by atoms with E-state index in [1.54, 1.807) is 0 Å². The van der Waals surface area contributed by atoms with Gasteiger partial charge in [0, 0.05) is 6.42 Å². The highest BCUT2D eigenvalue weighted by atomic mass is 16.5. The lowest BCUT2D eigenvalue weighted by Crippen LogP contribution is -2.27. The summed E-state index contributed by atoms with van der Waals surface area (Å²) in [6.45, 7) is 3.63. The van der Waals surface area contributed by atoms with E-state index in [2.05, 4.69) is 28.4 Å². The first-order chi connectivity index (χ1) is 10.3. The Morgan fingerprint density at radius 2 is 2.33 bits per heavy atom. The fraction of sp³-hybridized carbons (Fsp3) is 0.500. The van der Waals surface area contributed by atoms with Crippen LogP contribution in [0.4, 0.5) is 0 Å². The van der Waals surface area contributed by atoms with Crippen LogP contribution in [0.2, 0.25) is 0 Å². The minimum Gasteiger partial charge on any atom is -0.493 e. The second-order valence-corrected chi connectivity index (χ2v) is 5.47. The average molecular weight is 287 g/mol. The fourth-order valence-corrected chi connectivity index (χ4v) is 2.54. The quantitative estimate of drug-likeness (QED) is 0.916. The van der Waals surface area contributed by atoms with Gasteiger partial charge < -0.3 is 14.6 Å². The lowest BCUT2D eigenvalue weighted by atomic mass is 10.1. The highest BCUT2D eigenvalue weighted by Crippen LogP contribution is 2.21. The van der Waals surface area contributed by atoms with E-state index < -0.39 is 0 Å². The predicted molar refractivity (Wildman–Crippen MR) is 79.3 cm³/mol. The molecule has 1 aliphatic heterocycles. The number of ether oxygens (including phenoxy) is 1. The summed E-state index contributed by atoms with van der Waals surface area (Å²) in [7, 11) is 0. The lowest BCUT2D eigenvalue weighted by molar-refractivity contribution is 0.292. The lowest BCUT2D eigenvalue weighted by Gasteiger charge is -2.19. The number of benzene rings is 1. The molecule has 1 unspecified atom stereocenters. The molecule has 21 heavy (non-hydrogen) atoms. The minimum absolute atomic E-state index is 0.220. The maximum absolute atomic E-state index is 5.71. The number of aryl methyl sites for hydroxylation is 1. The highest BCUT2D eigenvalue weighted by Gasteiger charge is 2.20. The number of hydrogen-bond donors (Lipinski definition) is 1. The zero-order chi connectivity index (χ0) is 14.5. The summed E-state index contributed by atoms with van der Waals surface area (Å²) in [4.78, 5) is 4.46. The predicted octanol–water partition coefficient (Wildman–Crippen LogP) is 2.81. The van der Waals surface area contributed by atoms with Crippen molar-refractivity contribution in [1.29, 1.82) is 0 Å². The molecule has 1 fully saturated rings. The fourth-order valence-electron chi connectivity index (χ4n) is 2.54. The van der Waals surface area contributed by atoms with Gasteiger partial charge in [-0.25, -0.2) is 0 Å². The summed E-state index contributed by atoms with van der Waals surface area (Å²) in [5.41, 5.74) is 1.19. The molecule has 0 aliphatic carbocycles. The van der Waals surface area contributed by atoms with Crippen molar-refractivity contribution in [2.24, 2.45) is 0 Å². The molecule has 3 rings (SSSR count). The molecule has 1 N–H and O–H groups in total. The summed E-state index contributed by atoms with van der Waals surface area (Å²) in [6, 6.07) is 8.24. The van der Waals surface area contributed by atoms with Crippen molar-refractivity contribution in [3.8, 4) is 5.75 Å². The van der Waals surface area contributed by atoms with Crippen LogP contribution in [0.5, 0.6) is 5.75 Å². The van der Waals surface area contributed by atoms with Crippen LogP contribution in [-0.2, 0) is 6.42 Å². The van der Waals surface area contributed by atoms with E-state index in [0.717, 1.165) is 18.7 Å². The van der Waals surface area contributed by atoms with Crippen molar-refractivity contribution >= 4 is 0 Å². The minimum atomic E-state index is 0.220. The van der Waals surface area contributed by atoms with Crippen LogP contribution in [0, 0.1) is 6.92 Å². The molecule has 5 heteroatoms. The third-order valence-electron chi connectivity index (χ3n) is 3.68. The third-order valence-corrected chi connectivity index (χ3v) is 3.68. The SMILES string of the molecule is Cc1cccc(OCCc2noc(C3CCCCN3)n2)c1. The molecule has 0 saturated carbocycles. The standard InChI is InChI=1S/C16H21N3O2/c1-12-5-4-6-13(11-12)20-10-8-15-18-16(21-19-15)14-7-2-3-9-17-14/h4-6,11,14,17H,2-3,7-10H2,1H3. The molecule has 2 heterocycles. The van der Waals surface area contributed by atoms with Gasteiger partial charge in [0.2, 0.25) is 5.89 Å². The third kappa shape index (κ3) is 3.82. The molecule has 5 nitrogen and oxygen atoms in total. The molecule has 1 aromatic carbocycles. The van der Waals surface area contributed by atoms with Crippen molar-refractivity contribution in [2.45, 2.75) is 38.6 Å². The molecule has 1 aromatic heterocycles. The first kappa shape index (κ1) is 14.1. The maximum Gasteiger partial charge on any atom is 0.243 e. The second kappa shape index (κ2) is 6.72. The van der Waals surface area contributed by atoms with E-state index in [0.29, 0.717) is 24.7 Å². The number of piperidine rings is 1. The largest absolute Gasteiger partial charge is 0.493 e. The zero-order valence-corrected chi connectivity index (χ0v) is 12.3. The normalized spacial score (nSPS) is 18.6.